The lowest BCUT2D eigenvalue weighted by Crippen LogP contribution is -2.47. The molecule has 0 saturated heterocycles. The van der Waals surface area contributed by atoms with Crippen molar-refractivity contribution in [3.05, 3.63) is 109 Å². The summed E-state index contributed by atoms with van der Waals surface area (Å²) in [6.07, 6.45) is 66.6. The predicted octanol–water partition coefficient (Wildman–Crippen LogP) is 16.6. The van der Waals surface area contributed by atoms with Gasteiger partial charge in [0.1, 0.15) is 19.3 Å². The summed E-state index contributed by atoms with van der Waals surface area (Å²) in [5.74, 6) is -0.609. The molecule has 3 atom stereocenters. The Bertz CT molecular complexity index is 1570. The van der Waals surface area contributed by atoms with E-state index in [1.54, 1.807) is 0 Å². The minimum Gasteiger partial charge on any atom is -0.456 e. The van der Waals surface area contributed by atoms with Gasteiger partial charge in [-0.3, -0.25) is 18.6 Å². The summed E-state index contributed by atoms with van der Waals surface area (Å²) in [6, 6.07) is -0.889. The van der Waals surface area contributed by atoms with Gasteiger partial charge in [-0.1, -0.05) is 201 Å². The largest absolute Gasteiger partial charge is 0.472 e. The Balaban J connectivity index is 5.55. The van der Waals surface area contributed by atoms with Crippen LogP contribution >= 0.6 is 7.82 Å². The molecular weight excluding hydrogens is 892 g/mol. The Morgan fingerprint density at radius 3 is 1.40 bits per heavy atom. The standard InChI is InChI=1S/C60H103N2O7P/c1-7-10-13-16-19-22-25-28-30-31-32-35-38-41-44-47-50-53-60(64)69-58(51-48-45-42-39-36-33-27-24-21-18-15-12-9-3)57(56-68-70(65,66)67-55-54-62(4,5)6)61-59(63)52-49-46-43-40-37-34-29-26-23-20-17-14-11-8-2/h10-11,13-14,19-20,22-23,28-30,32,34-35,41,44,48,51,57-58H,7-9,12,15-18,21,24-27,31,33,36-40,42-43,45-47,49-50,52-56H2,1-6H3,(H-,61,63,65,66)/p+1/b13-10-,14-11+,22-19-,23-20+,30-28-,34-29+,35-32-,44-41-,51-48+. The molecule has 3 unspecified atom stereocenters. The summed E-state index contributed by atoms with van der Waals surface area (Å²) in [7, 11) is 1.43. The number of amides is 1. The number of carbonyl (C=O) groups excluding carboxylic acids is 2. The molecule has 0 aromatic heterocycles. The normalized spacial score (nSPS) is 14.7. The third-order valence-corrected chi connectivity index (χ3v) is 12.4. The van der Waals surface area contributed by atoms with E-state index in [1.165, 1.54) is 57.8 Å². The van der Waals surface area contributed by atoms with Crippen molar-refractivity contribution in [1.29, 1.82) is 0 Å². The zero-order chi connectivity index (χ0) is 51.5. The average Bonchev–Trinajstić information content (AvgIpc) is 3.32. The van der Waals surface area contributed by atoms with Gasteiger partial charge >= 0.3 is 13.8 Å². The molecule has 0 aliphatic carbocycles. The maximum atomic E-state index is 13.5. The van der Waals surface area contributed by atoms with Gasteiger partial charge in [0.25, 0.3) is 0 Å². The van der Waals surface area contributed by atoms with E-state index in [-0.39, 0.29) is 32.0 Å². The van der Waals surface area contributed by atoms with Gasteiger partial charge in [0.2, 0.25) is 5.91 Å². The van der Waals surface area contributed by atoms with Crippen LogP contribution in [0.5, 0.6) is 0 Å². The molecule has 0 aromatic carbocycles. The maximum absolute atomic E-state index is 13.5. The van der Waals surface area contributed by atoms with Crippen molar-refractivity contribution in [3.8, 4) is 0 Å². The molecule has 1 amide bonds. The monoisotopic (exact) mass is 996 g/mol. The summed E-state index contributed by atoms with van der Waals surface area (Å²) in [5, 5.41) is 3.01. The van der Waals surface area contributed by atoms with Crippen LogP contribution in [-0.4, -0.2) is 74.3 Å². The fraction of sp³-hybridized carbons (Fsp3) is 0.667. The Morgan fingerprint density at radius 2 is 0.929 bits per heavy atom. The number of phosphoric ester groups is 1. The van der Waals surface area contributed by atoms with Crippen LogP contribution in [0.25, 0.3) is 0 Å². The van der Waals surface area contributed by atoms with E-state index in [4.69, 9.17) is 13.8 Å². The van der Waals surface area contributed by atoms with Gasteiger partial charge in [0.15, 0.2) is 0 Å². The number of nitrogens with zero attached hydrogens (tertiary/aromatic N) is 1. The van der Waals surface area contributed by atoms with E-state index in [1.807, 2.05) is 33.3 Å². The topological polar surface area (TPSA) is 111 Å². The second-order valence-electron chi connectivity index (χ2n) is 19.3. The van der Waals surface area contributed by atoms with Crippen LogP contribution < -0.4 is 5.32 Å². The fourth-order valence-corrected chi connectivity index (χ4v) is 7.96. The highest BCUT2D eigenvalue weighted by molar-refractivity contribution is 7.47. The molecule has 0 aromatic rings. The molecule has 0 aliphatic heterocycles. The molecule has 0 fully saturated rings. The summed E-state index contributed by atoms with van der Waals surface area (Å²) in [5.41, 5.74) is 0. The van der Waals surface area contributed by atoms with Crippen molar-refractivity contribution in [2.75, 3.05) is 40.9 Å². The molecule has 10 heteroatoms. The van der Waals surface area contributed by atoms with Crippen molar-refractivity contribution in [3.63, 3.8) is 0 Å². The lowest BCUT2D eigenvalue weighted by Gasteiger charge is -2.27. The number of carbonyl (C=O) groups is 2. The van der Waals surface area contributed by atoms with Crippen molar-refractivity contribution in [2.24, 2.45) is 0 Å². The Hall–Kier alpha value is -3.33. The Labute approximate surface area is 430 Å². The molecule has 70 heavy (non-hydrogen) atoms. The Morgan fingerprint density at radius 1 is 0.514 bits per heavy atom. The molecule has 0 bridgehead atoms. The third kappa shape index (κ3) is 49.6. The third-order valence-electron chi connectivity index (χ3n) is 11.5. The SMILES string of the molecule is CC/C=C\C/C=C\C/C=C\C/C=C\C/C=C\CCCC(=O)OC(/C=C/CCCCCCCCCCCCC)C(COP(=O)(O)OCC[N+](C)(C)C)NC(=O)CCCCCC/C=C/C/C=C/C/C=C/CC. The van der Waals surface area contributed by atoms with Crippen LogP contribution in [0.4, 0.5) is 0 Å². The van der Waals surface area contributed by atoms with Crippen molar-refractivity contribution in [1.82, 2.24) is 5.32 Å². The lowest BCUT2D eigenvalue weighted by molar-refractivity contribution is -0.870. The first-order valence-corrected chi connectivity index (χ1v) is 29.2. The maximum Gasteiger partial charge on any atom is 0.472 e. The molecular formula is C60H104N2O7P+. The first-order valence-electron chi connectivity index (χ1n) is 27.7. The second kappa shape index (κ2) is 49.3. The molecule has 0 heterocycles. The quantitative estimate of drug-likeness (QED) is 0.0205. The minimum atomic E-state index is -4.47. The first-order chi connectivity index (χ1) is 33.9. The van der Waals surface area contributed by atoms with E-state index < -0.39 is 25.9 Å². The van der Waals surface area contributed by atoms with Gasteiger partial charge in [-0.25, -0.2) is 4.57 Å². The predicted molar refractivity (Wildman–Crippen MR) is 300 cm³/mol. The number of likely N-dealkylation sites (N-methyl/N-ethyl adjacent to an activating group) is 1. The number of allylic oxidation sites excluding steroid dienone is 17. The molecule has 0 spiro atoms. The smallest absolute Gasteiger partial charge is 0.456 e. The van der Waals surface area contributed by atoms with Gasteiger partial charge in [0.05, 0.1) is 33.8 Å². The summed E-state index contributed by atoms with van der Waals surface area (Å²) in [6.45, 7) is 6.70. The number of nitrogens with one attached hydrogen (secondary N) is 1. The van der Waals surface area contributed by atoms with E-state index in [9.17, 15) is 19.0 Å². The Kier molecular flexibility index (Phi) is 46.9. The number of ether oxygens (including phenoxy) is 1. The first kappa shape index (κ1) is 66.7. The number of rotatable bonds is 48. The number of hydrogen-bond donors (Lipinski definition) is 2. The molecule has 0 aliphatic rings. The highest BCUT2D eigenvalue weighted by atomic mass is 31.2. The van der Waals surface area contributed by atoms with E-state index in [0.717, 1.165) is 103 Å². The van der Waals surface area contributed by atoms with Crippen LogP contribution in [0.1, 0.15) is 207 Å². The van der Waals surface area contributed by atoms with Gasteiger partial charge in [-0.2, -0.15) is 0 Å². The number of hydrogen-bond acceptors (Lipinski definition) is 6. The van der Waals surface area contributed by atoms with Crippen molar-refractivity contribution < 1.29 is 37.3 Å². The number of quaternary nitrogens is 1. The van der Waals surface area contributed by atoms with Gasteiger partial charge in [0, 0.05) is 12.8 Å². The van der Waals surface area contributed by atoms with E-state index >= 15 is 0 Å². The number of unbranched alkanes of at least 4 members (excludes halogenated alkanes) is 16. The molecule has 0 saturated carbocycles. The minimum absolute atomic E-state index is 0.0211. The molecule has 9 nitrogen and oxygen atoms in total. The van der Waals surface area contributed by atoms with Crippen LogP contribution in [0.15, 0.2) is 109 Å². The molecule has 2 N–H and O–H groups in total. The van der Waals surface area contributed by atoms with Gasteiger partial charge in [-0.05, 0) is 102 Å². The summed E-state index contributed by atoms with van der Waals surface area (Å²) < 4.78 is 30.5. The van der Waals surface area contributed by atoms with Crippen LogP contribution in [0.3, 0.4) is 0 Å². The van der Waals surface area contributed by atoms with E-state index in [0.29, 0.717) is 23.9 Å². The highest BCUT2D eigenvalue weighted by Crippen LogP contribution is 2.43. The van der Waals surface area contributed by atoms with Crippen molar-refractivity contribution >= 4 is 19.7 Å². The molecule has 0 rings (SSSR count). The lowest BCUT2D eigenvalue weighted by atomic mass is 10.0. The van der Waals surface area contributed by atoms with Crippen LogP contribution in [-0.2, 0) is 27.9 Å². The van der Waals surface area contributed by atoms with E-state index in [2.05, 4.69) is 123 Å². The highest BCUT2D eigenvalue weighted by Gasteiger charge is 2.30. The summed E-state index contributed by atoms with van der Waals surface area (Å²) in [4.78, 5) is 37.5. The average molecular weight is 996 g/mol. The van der Waals surface area contributed by atoms with Crippen molar-refractivity contribution in [2.45, 2.75) is 219 Å². The second-order valence-corrected chi connectivity index (χ2v) is 20.8. The zero-order valence-corrected chi connectivity index (χ0v) is 46.4. The fourth-order valence-electron chi connectivity index (χ4n) is 7.22. The zero-order valence-electron chi connectivity index (χ0n) is 45.5. The molecule has 0 radical (unpaired) electrons. The molecule has 400 valence electrons. The van der Waals surface area contributed by atoms with Gasteiger partial charge < -0.3 is 19.4 Å². The number of phosphoric acid groups is 1. The summed E-state index contributed by atoms with van der Waals surface area (Å²) >= 11 is 0. The van der Waals surface area contributed by atoms with Crippen LogP contribution in [0, 0.1) is 0 Å². The number of esters is 1. The van der Waals surface area contributed by atoms with Crippen LogP contribution in [0.2, 0.25) is 0 Å². The van der Waals surface area contributed by atoms with Gasteiger partial charge in [-0.15, -0.1) is 0 Å².